The van der Waals surface area contributed by atoms with Crippen LogP contribution in [-0.4, -0.2) is 67.8 Å². The van der Waals surface area contributed by atoms with E-state index in [1.807, 2.05) is 18.4 Å². The van der Waals surface area contributed by atoms with Gasteiger partial charge in [0, 0.05) is 47.7 Å². The van der Waals surface area contributed by atoms with Gasteiger partial charge in [0.25, 0.3) is 0 Å². The molecule has 1 atom stereocenters. The van der Waals surface area contributed by atoms with E-state index in [0.717, 1.165) is 51.8 Å². The van der Waals surface area contributed by atoms with Gasteiger partial charge in [0.1, 0.15) is 0 Å². The van der Waals surface area contributed by atoms with Gasteiger partial charge in [-0.05, 0) is 30.7 Å². The number of ether oxygens (including phenoxy) is 1. The summed E-state index contributed by atoms with van der Waals surface area (Å²) in [5.74, 6) is 3.35. The second-order valence-electron chi connectivity index (χ2n) is 6.63. The number of hydrogen-bond donors (Lipinski definition) is 2. The summed E-state index contributed by atoms with van der Waals surface area (Å²) in [6, 6.07) is 4.44. The van der Waals surface area contributed by atoms with Crippen molar-refractivity contribution in [3.8, 4) is 0 Å². The topological polar surface area (TPSA) is 48.9 Å². The third kappa shape index (κ3) is 5.73. The maximum atomic E-state index is 5.55. The molecule has 0 amide bonds. The Morgan fingerprint density at radius 2 is 2.04 bits per heavy atom. The highest BCUT2D eigenvalue weighted by atomic mass is 127. The van der Waals surface area contributed by atoms with Crippen LogP contribution >= 0.6 is 47.1 Å². The van der Waals surface area contributed by atoms with Crippen LogP contribution in [0.2, 0.25) is 0 Å². The zero-order valence-electron chi connectivity index (χ0n) is 15.8. The number of rotatable bonds is 6. The Morgan fingerprint density at radius 1 is 1.27 bits per heavy atom. The van der Waals surface area contributed by atoms with Crippen molar-refractivity contribution in [2.45, 2.75) is 31.8 Å². The van der Waals surface area contributed by atoms with Gasteiger partial charge in [-0.25, -0.2) is 0 Å². The molecule has 148 valence electrons. The predicted molar refractivity (Wildman–Crippen MR) is 124 cm³/mol. The quantitative estimate of drug-likeness (QED) is 0.350. The SMILES string of the molecule is CCc1ccc(CNC(=NC)NCC2(N3CCOCC3)CCSC2)s1.I. The van der Waals surface area contributed by atoms with Crippen LogP contribution in [-0.2, 0) is 17.7 Å². The largest absolute Gasteiger partial charge is 0.379 e. The Hall–Kier alpha value is -0.0300. The number of hydrogen-bond acceptors (Lipinski definition) is 5. The normalized spacial score (nSPS) is 24.3. The van der Waals surface area contributed by atoms with Crippen LogP contribution in [0.3, 0.4) is 0 Å². The van der Waals surface area contributed by atoms with E-state index >= 15 is 0 Å². The van der Waals surface area contributed by atoms with Crippen molar-refractivity contribution in [3.05, 3.63) is 21.9 Å². The maximum Gasteiger partial charge on any atom is 0.191 e. The van der Waals surface area contributed by atoms with Gasteiger partial charge >= 0.3 is 0 Å². The number of aryl methyl sites for hydroxylation is 1. The first-order valence-corrected chi connectivity index (χ1v) is 11.2. The van der Waals surface area contributed by atoms with Crippen LogP contribution < -0.4 is 10.6 Å². The molecule has 5 nitrogen and oxygen atoms in total. The Morgan fingerprint density at radius 3 is 2.65 bits per heavy atom. The first-order valence-electron chi connectivity index (χ1n) is 9.18. The van der Waals surface area contributed by atoms with Gasteiger partial charge in [-0.15, -0.1) is 35.3 Å². The Balaban J connectivity index is 0.00000243. The second-order valence-corrected chi connectivity index (χ2v) is 8.99. The molecule has 0 spiro atoms. The summed E-state index contributed by atoms with van der Waals surface area (Å²) in [6.07, 6.45) is 2.35. The highest BCUT2D eigenvalue weighted by Crippen LogP contribution is 2.33. The van der Waals surface area contributed by atoms with Crippen LogP contribution in [0.4, 0.5) is 0 Å². The fourth-order valence-electron chi connectivity index (χ4n) is 3.48. The number of aliphatic imine (C=N–C) groups is 1. The minimum atomic E-state index is 0. The third-order valence-corrected chi connectivity index (χ3v) is 7.53. The number of nitrogens with one attached hydrogen (secondary N) is 2. The average molecular weight is 511 g/mol. The molecule has 2 N–H and O–H groups in total. The van der Waals surface area contributed by atoms with E-state index in [2.05, 4.69) is 51.3 Å². The number of morpholine rings is 1. The van der Waals surface area contributed by atoms with E-state index in [1.54, 1.807) is 0 Å². The van der Waals surface area contributed by atoms with Crippen molar-refractivity contribution >= 4 is 53.0 Å². The summed E-state index contributed by atoms with van der Waals surface area (Å²) in [7, 11) is 1.85. The third-order valence-electron chi connectivity index (χ3n) is 5.07. The van der Waals surface area contributed by atoms with Crippen molar-refractivity contribution in [1.82, 2.24) is 15.5 Å². The van der Waals surface area contributed by atoms with Crippen molar-refractivity contribution in [3.63, 3.8) is 0 Å². The Kier molecular flexibility index (Phi) is 9.49. The number of thiophene rings is 1. The lowest BCUT2D eigenvalue weighted by molar-refractivity contribution is -0.0120. The minimum absolute atomic E-state index is 0. The average Bonchev–Trinajstić information content (AvgIpc) is 3.33. The molecule has 2 aliphatic heterocycles. The summed E-state index contributed by atoms with van der Waals surface area (Å²) < 4.78 is 5.55. The molecule has 3 heterocycles. The van der Waals surface area contributed by atoms with E-state index in [-0.39, 0.29) is 29.5 Å². The fourth-order valence-corrected chi connectivity index (χ4v) is 5.86. The number of thioether (sulfide) groups is 1. The molecule has 0 radical (unpaired) electrons. The summed E-state index contributed by atoms with van der Waals surface area (Å²) in [6.45, 7) is 7.80. The molecule has 26 heavy (non-hydrogen) atoms. The van der Waals surface area contributed by atoms with Crippen molar-refractivity contribution < 1.29 is 4.74 Å². The van der Waals surface area contributed by atoms with E-state index in [0.29, 0.717) is 0 Å². The molecule has 1 unspecified atom stereocenters. The number of nitrogens with zero attached hydrogens (tertiary/aromatic N) is 2. The summed E-state index contributed by atoms with van der Waals surface area (Å²) in [4.78, 5) is 9.84. The Labute approximate surface area is 182 Å². The molecule has 3 rings (SSSR count). The molecular weight excluding hydrogens is 479 g/mol. The fraction of sp³-hybridized carbons (Fsp3) is 0.722. The lowest BCUT2D eigenvalue weighted by atomic mass is 9.95. The molecule has 2 saturated heterocycles. The second kappa shape index (κ2) is 11.1. The van der Waals surface area contributed by atoms with Gasteiger partial charge in [-0.1, -0.05) is 6.92 Å². The molecular formula is C18H31IN4OS2. The van der Waals surface area contributed by atoms with E-state index in [1.165, 1.54) is 27.7 Å². The van der Waals surface area contributed by atoms with Gasteiger partial charge < -0.3 is 15.4 Å². The predicted octanol–water partition coefficient (Wildman–Crippen LogP) is 2.80. The van der Waals surface area contributed by atoms with Crippen molar-refractivity contribution in [2.24, 2.45) is 4.99 Å². The number of guanidine groups is 1. The highest BCUT2D eigenvalue weighted by molar-refractivity contribution is 14.0. The maximum absolute atomic E-state index is 5.55. The number of halogens is 1. The van der Waals surface area contributed by atoms with Gasteiger partial charge in [0.2, 0.25) is 0 Å². The molecule has 2 aliphatic rings. The lowest BCUT2D eigenvalue weighted by Crippen LogP contribution is -2.60. The molecule has 8 heteroatoms. The molecule has 0 saturated carbocycles. The van der Waals surface area contributed by atoms with E-state index < -0.39 is 0 Å². The first-order chi connectivity index (χ1) is 12.3. The van der Waals surface area contributed by atoms with Crippen LogP contribution in [0, 0.1) is 0 Å². The minimum Gasteiger partial charge on any atom is -0.379 e. The summed E-state index contributed by atoms with van der Waals surface area (Å²) in [5.41, 5.74) is 0.240. The van der Waals surface area contributed by atoms with Gasteiger partial charge in [0.05, 0.1) is 19.8 Å². The standard InChI is InChI=1S/C18H30N4OS2.HI/c1-3-15-4-5-16(25-15)12-20-17(19-2)21-13-18(6-11-24-14-18)22-7-9-23-10-8-22;/h4-5H,3,6-14H2,1-2H3,(H2,19,20,21);1H. The van der Waals surface area contributed by atoms with Crippen molar-refractivity contribution in [2.75, 3.05) is 51.4 Å². The van der Waals surface area contributed by atoms with Crippen LogP contribution in [0.25, 0.3) is 0 Å². The monoisotopic (exact) mass is 510 g/mol. The van der Waals surface area contributed by atoms with E-state index in [9.17, 15) is 0 Å². The van der Waals surface area contributed by atoms with Gasteiger partial charge in [-0.3, -0.25) is 9.89 Å². The molecule has 0 bridgehead atoms. The lowest BCUT2D eigenvalue weighted by Gasteiger charge is -2.43. The molecule has 1 aromatic heterocycles. The molecule has 0 aliphatic carbocycles. The smallest absolute Gasteiger partial charge is 0.191 e. The highest BCUT2D eigenvalue weighted by Gasteiger charge is 2.40. The van der Waals surface area contributed by atoms with Gasteiger partial charge in [0.15, 0.2) is 5.96 Å². The first kappa shape index (κ1) is 22.3. The van der Waals surface area contributed by atoms with Crippen LogP contribution in [0.5, 0.6) is 0 Å². The summed E-state index contributed by atoms with van der Waals surface area (Å²) >= 11 is 3.95. The van der Waals surface area contributed by atoms with Crippen LogP contribution in [0.15, 0.2) is 17.1 Å². The molecule has 0 aromatic carbocycles. The van der Waals surface area contributed by atoms with Crippen LogP contribution in [0.1, 0.15) is 23.1 Å². The van der Waals surface area contributed by atoms with Gasteiger partial charge in [-0.2, -0.15) is 11.8 Å². The molecule has 1 aromatic rings. The zero-order valence-corrected chi connectivity index (χ0v) is 19.7. The zero-order chi connectivity index (χ0) is 17.5. The van der Waals surface area contributed by atoms with Crippen molar-refractivity contribution in [1.29, 1.82) is 0 Å². The molecule has 2 fully saturated rings. The summed E-state index contributed by atoms with van der Waals surface area (Å²) in [5, 5.41) is 7.05. The van der Waals surface area contributed by atoms with E-state index in [4.69, 9.17) is 4.74 Å². The Bertz CT molecular complexity index is 569.